The molecule has 0 amide bonds. The first-order chi connectivity index (χ1) is 4.88. The molecule has 54 valence electrons. The SMILES string of the molecule is C=C/C=C(\C=C/C)C1CC1. The van der Waals surface area contributed by atoms with Gasteiger partial charge in [-0.25, -0.2) is 0 Å². The fourth-order valence-electron chi connectivity index (χ4n) is 1.07. The minimum absolute atomic E-state index is 0.842. The maximum Gasteiger partial charge on any atom is -0.0162 e. The maximum atomic E-state index is 3.68. The Morgan fingerprint density at radius 2 is 2.20 bits per heavy atom. The van der Waals surface area contributed by atoms with Crippen LogP contribution in [0.4, 0.5) is 0 Å². The molecule has 0 unspecified atom stereocenters. The second-order valence-electron chi connectivity index (χ2n) is 2.68. The van der Waals surface area contributed by atoms with Crippen molar-refractivity contribution in [2.45, 2.75) is 19.8 Å². The van der Waals surface area contributed by atoms with Gasteiger partial charge in [-0.1, -0.05) is 30.9 Å². The zero-order chi connectivity index (χ0) is 7.40. The predicted octanol–water partition coefficient (Wildman–Crippen LogP) is 3.08. The first-order valence-corrected chi connectivity index (χ1v) is 3.83. The zero-order valence-electron chi connectivity index (χ0n) is 6.51. The molecular formula is C10H14. The second-order valence-corrected chi connectivity index (χ2v) is 2.68. The number of hydrogen-bond donors (Lipinski definition) is 0. The van der Waals surface area contributed by atoms with Gasteiger partial charge in [-0.2, -0.15) is 0 Å². The van der Waals surface area contributed by atoms with Gasteiger partial charge in [0, 0.05) is 0 Å². The van der Waals surface area contributed by atoms with Crippen LogP contribution in [0.2, 0.25) is 0 Å². The van der Waals surface area contributed by atoms with Crippen LogP contribution in [0.1, 0.15) is 19.8 Å². The van der Waals surface area contributed by atoms with E-state index in [9.17, 15) is 0 Å². The maximum absolute atomic E-state index is 3.68. The average molecular weight is 134 g/mol. The first-order valence-electron chi connectivity index (χ1n) is 3.83. The molecule has 1 aliphatic carbocycles. The van der Waals surface area contributed by atoms with Crippen LogP contribution in [0.3, 0.4) is 0 Å². The standard InChI is InChI=1S/C10H14/c1-3-5-9(6-4-2)10-7-8-10/h3-6,10H,1,7-8H2,2H3/b6-4-,9-5+. The molecule has 1 fully saturated rings. The van der Waals surface area contributed by atoms with Crippen molar-refractivity contribution in [3.05, 3.63) is 36.5 Å². The average Bonchev–Trinajstić information content (AvgIpc) is 2.69. The monoisotopic (exact) mass is 134 g/mol. The van der Waals surface area contributed by atoms with Crippen molar-refractivity contribution in [3.63, 3.8) is 0 Å². The lowest BCUT2D eigenvalue weighted by Crippen LogP contribution is -1.77. The van der Waals surface area contributed by atoms with Gasteiger partial charge in [-0.05, 0) is 31.3 Å². The summed E-state index contributed by atoms with van der Waals surface area (Å²) < 4.78 is 0. The lowest BCUT2D eigenvalue weighted by molar-refractivity contribution is 1.05. The quantitative estimate of drug-likeness (QED) is 0.520. The molecule has 0 spiro atoms. The summed E-state index contributed by atoms with van der Waals surface area (Å²) in [5, 5.41) is 0. The Labute approximate surface area is 62.9 Å². The van der Waals surface area contributed by atoms with Crippen LogP contribution < -0.4 is 0 Å². The van der Waals surface area contributed by atoms with E-state index in [1.807, 2.05) is 6.08 Å². The summed E-state index contributed by atoms with van der Waals surface area (Å²) in [6, 6.07) is 0. The van der Waals surface area contributed by atoms with Gasteiger partial charge in [0.05, 0.1) is 0 Å². The van der Waals surface area contributed by atoms with E-state index in [0.717, 1.165) is 5.92 Å². The molecule has 0 heteroatoms. The third-order valence-electron chi connectivity index (χ3n) is 1.72. The van der Waals surface area contributed by atoms with Gasteiger partial charge < -0.3 is 0 Å². The molecule has 0 aliphatic heterocycles. The Morgan fingerprint density at radius 3 is 2.60 bits per heavy atom. The van der Waals surface area contributed by atoms with Gasteiger partial charge in [0.25, 0.3) is 0 Å². The molecule has 0 aromatic carbocycles. The Kier molecular flexibility index (Phi) is 2.49. The fraction of sp³-hybridized carbons (Fsp3) is 0.400. The molecule has 0 nitrogen and oxygen atoms in total. The van der Waals surface area contributed by atoms with E-state index in [0.29, 0.717) is 0 Å². The van der Waals surface area contributed by atoms with Crippen molar-refractivity contribution < 1.29 is 0 Å². The Balaban J connectivity index is 2.57. The minimum atomic E-state index is 0.842. The smallest absolute Gasteiger partial charge is 0.0162 e. The highest BCUT2D eigenvalue weighted by Gasteiger charge is 2.23. The van der Waals surface area contributed by atoms with E-state index in [1.165, 1.54) is 18.4 Å². The van der Waals surface area contributed by atoms with Gasteiger partial charge in [-0.15, -0.1) is 0 Å². The third-order valence-corrected chi connectivity index (χ3v) is 1.72. The fourth-order valence-corrected chi connectivity index (χ4v) is 1.07. The second kappa shape index (κ2) is 3.40. The van der Waals surface area contributed by atoms with E-state index in [2.05, 4.69) is 31.7 Å². The van der Waals surface area contributed by atoms with Crippen molar-refractivity contribution >= 4 is 0 Å². The van der Waals surface area contributed by atoms with Gasteiger partial charge in [0.1, 0.15) is 0 Å². The number of rotatable bonds is 3. The lowest BCUT2D eigenvalue weighted by Gasteiger charge is -1.93. The summed E-state index contributed by atoms with van der Waals surface area (Å²) in [6.07, 6.45) is 11.0. The highest BCUT2D eigenvalue weighted by Crippen LogP contribution is 2.36. The van der Waals surface area contributed by atoms with Gasteiger partial charge >= 0.3 is 0 Å². The molecule has 1 rings (SSSR count). The van der Waals surface area contributed by atoms with E-state index < -0.39 is 0 Å². The van der Waals surface area contributed by atoms with Crippen LogP contribution in [-0.2, 0) is 0 Å². The molecule has 0 aromatic rings. The van der Waals surface area contributed by atoms with Crippen LogP contribution in [0, 0.1) is 5.92 Å². The Morgan fingerprint density at radius 1 is 1.50 bits per heavy atom. The van der Waals surface area contributed by atoms with E-state index >= 15 is 0 Å². The van der Waals surface area contributed by atoms with Crippen LogP contribution in [0.25, 0.3) is 0 Å². The van der Waals surface area contributed by atoms with Gasteiger partial charge in [-0.3, -0.25) is 0 Å². The van der Waals surface area contributed by atoms with Crippen molar-refractivity contribution in [3.8, 4) is 0 Å². The van der Waals surface area contributed by atoms with Crippen LogP contribution in [-0.4, -0.2) is 0 Å². The Bertz CT molecular complexity index is 168. The summed E-state index contributed by atoms with van der Waals surface area (Å²) >= 11 is 0. The molecular weight excluding hydrogens is 120 g/mol. The molecule has 0 saturated heterocycles. The molecule has 0 atom stereocenters. The van der Waals surface area contributed by atoms with Crippen molar-refractivity contribution in [2.75, 3.05) is 0 Å². The highest BCUT2D eigenvalue weighted by molar-refractivity contribution is 5.28. The normalized spacial score (nSPS) is 19.9. The first kappa shape index (κ1) is 7.33. The van der Waals surface area contributed by atoms with Crippen LogP contribution in [0.15, 0.2) is 36.5 Å². The largest absolute Gasteiger partial charge is 0.0991 e. The van der Waals surface area contributed by atoms with Gasteiger partial charge in [0.15, 0.2) is 0 Å². The third kappa shape index (κ3) is 1.87. The highest BCUT2D eigenvalue weighted by atomic mass is 14.3. The van der Waals surface area contributed by atoms with E-state index in [1.54, 1.807) is 0 Å². The van der Waals surface area contributed by atoms with Crippen molar-refractivity contribution in [2.24, 2.45) is 5.92 Å². The molecule has 10 heavy (non-hydrogen) atoms. The number of allylic oxidation sites excluding steroid dienone is 5. The summed E-state index contributed by atoms with van der Waals surface area (Å²) in [5.74, 6) is 0.842. The molecule has 1 aliphatic rings. The van der Waals surface area contributed by atoms with Crippen molar-refractivity contribution in [1.82, 2.24) is 0 Å². The summed E-state index contributed by atoms with van der Waals surface area (Å²) in [5.41, 5.74) is 1.44. The van der Waals surface area contributed by atoms with Crippen LogP contribution in [0.5, 0.6) is 0 Å². The zero-order valence-corrected chi connectivity index (χ0v) is 6.51. The lowest BCUT2D eigenvalue weighted by atomic mass is 10.1. The number of hydrogen-bond acceptors (Lipinski definition) is 0. The molecule has 0 bridgehead atoms. The summed E-state index contributed by atoms with van der Waals surface area (Å²) in [6.45, 7) is 5.74. The van der Waals surface area contributed by atoms with Crippen molar-refractivity contribution in [1.29, 1.82) is 0 Å². The van der Waals surface area contributed by atoms with Crippen LogP contribution >= 0.6 is 0 Å². The molecule has 0 N–H and O–H groups in total. The Hall–Kier alpha value is -0.780. The van der Waals surface area contributed by atoms with E-state index in [-0.39, 0.29) is 0 Å². The topological polar surface area (TPSA) is 0 Å². The molecule has 1 saturated carbocycles. The molecule has 0 radical (unpaired) electrons. The molecule has 0 aromatic heterocycles. The summed E-state index contributed by atoms with van der Waals surface area (Å²) in [7, 11) is 0. The molecule has 0 heterocycles. The minimum Gasteiger partial charge on any atom is -0.0991 e. The van der Waals surface area contributed by atoms with Gasteiger partial charge in [0.2, 0.25) is 0 Å². The predicted molar refractivity (Wildman–Crippen MR) is 45.8 cm³/mol. The summed E-state index contributed by atoms with van der Waals surface area (Å²) in [4.78, 5) is 0. The van der Waals surface area contributed by atoms with E-state index in [4.69, 9.17) is 0 Å².